The number of rotatable bonds is 3. The molecule has 2 rings (SSSR count). The van der Waals surface area contributed by atoms with Crippen LogP contribution in [0.4, 0.5) is 0 Å². The molecule has 0 saturated carbocycles. The Kier molecular flexibility index (Phi) is 5.15. The van der Waals surface area contributed by atoms with Crippen molar-refractivity contribution >= 4 is 11.8 Å². The van der Waals surface area contributed by atoms with E-state index in [-0.39, 0.29) is 24.3 Å². The van der Waals surface area contributed by atoms with Crippen molar-refractivity contribution in [3.63, 3.8) is 0 Å². The minimum absolute atomic E-state index is 0.00827. The van der Waals surface area contributed by atoms with Crippen molar-refractivity contribution in [2.45, 2.75) is 12.8 Å². The van der Waals surface area contributed by atoms with Crippen molar-refractivity contribution < 1.29 is 14.3 Å². The van der Waals surface area contributed by atoms with Crippen LogP contribution in [0.5, 0.6) is 0 Å². The van der Waals surface area contributed by atoms with Crippen LogP contribution in [0.25, 0.3) is 0 Å². The Hall–Kier alpha value is -1.14. The molecule has 0 aromatic carbocycles. The van der Waals surface area contributed by atoms with E-state index < -0.39 is 0 Å². The van der Waals surface area contributed by atoms with E-state index in [4.69, 9.17) is 4.74 Å². The highest BCUT2D eigenvalue weighted by Gasteiger charge is 2.29. The summed E-state index contributed by atoms with van der Waals surface area (Å²) in [5.41, 5.74) is 0. The van der Waals surface area contributed by atoms with E-state index >= 15 is 0 Å². The van der Waals surface area contributed by atoms with E-state index in [0.29, 0.717) is 26.2 Å². The molecule has 2 amide bonds. The lowest BCUT2D eigenvalue weighted by Crippen LogP contribution is -2.53. The van der Waals surface area contributed by atoms with Gasteiger partial charge in [0.1, 0.15) is 6.61 Å². The number of ether oxygens (including phenoxy) is 1. The van der Waals surface area contributed by atoms with Crippen molar-refractivity contribution in [2.24, 2.45) is 5.92 Å². The standard InChI is InChI=1S/C13H23N3O3/c1-19-10-12(17)15-5-7-16(8-6-15)13(18)11-3-2-4-14-9-11/h11,14H,2-10H2,1H3/t11-/m0/s1. The van der Waals surface area contributed by atoms with Crippen LogP contribution in [0.1, 0.15) is 12.8 Å². The van der Waals surface area contributed by atoms with Crippen LogP contribution in [0.15, 0.2) is 0 Å². The van der Waals surface area contributed by atoms with E-state index in [1.807, 2.05) is 4.90 Å². The van der Waals surface area contributed by atoms with Crippen LogP contribution in [-0.2, 0) is 14.3 Å². The topological polar surface area (TPSA) is 61.9 Å². The maximum atomic E-state index is 12.3. The smallest absolute Gasteiger partial charge is 0.248 e. The van der Waals surface area contributed by atoms with Gasteiger partial charge < -0.3 is 19.9 Å². The maximum Gasteiger partial charge on any atom is 0.248 e. The third-order valence-electron chi connectivity index (χ3n) is 3.86. The maximum absolute atomic E-state index is 12.3. The van der Waals surface area contributed by atoms with Crippen molar-refractivity contribution in [2.75, 3.05) is 53.0 Å². The van der Waals surface area contributed by atoms with Crippen molar-refractivity contribution in [3.8, 4) is 0 Å². The molecule has 0 bridgehead atoms. The first-order chi connectivity index (χ1) is 9.22. The van der Waals surface area contributed by atoms with Gasteiger partial charge in [0.25, 0.3) is 0 Å². The summed E-state index contributed by atoms with van der Waals surface area (Å²) in [7, 11) is 1.52. The van der Waals surface area contributed by atoms with Gasteiger partial charge in [0.15, 0.2) is 0 Å². The quantitative estimate of drug-likeness (QED) is 0.736. The minimum atomic E-state index is 0.00827. The largest absolute Gasteiger partial charge is 0.375 e. The third-order valence-corrected chi connectivity index (χ3v) is 3.86. The first kappa shape index (κ1) is 14.3. The summed E-state index contributed by atoms with van der Waals surface area (Å²) in [6.07, 6.45) is 2.05. The molecule has 0 radical (unpaired) electrons. The molecular weight excluding hydrogens is 246 g/mol. The van der Waals surface area contributed by atoms with Crippen LogP contribution in [0.3, 0.4) is 0 Å². The number of methoxy groups -OCH3 is 1. The lowest BCUT2D eigenvalue weighted by atomic mass is 9.98. The number of piperazine rings is 1. The predicted molar refractivity (Wildman–Crippen MR) is 70.6 cm³/mol. The monoisotopic (exact) mass is 269 g/mol. The molecular formula is C13H23N3O3. The van der Waals surface area contributed by atoms with E-state index in [1.54, 1.807) is 4.90 Å². The Morgan fingerprint density at radius 3 is 2.47 bits per heavy atom. The second-order valence-corrected chi connectivity index (χ2v) is 5.18. The van der Waals surface area contributed by atoms with Gasteiger partial charge in [0, 0.05) is 39.8 Å². The SMILES string of the molecule is COCC(=O)N1CCN(C(=O)[C@H]2CCCNC2)CC1. The molecule has 2 aliphatic rings. The van der Waals surface area contributed by atoms with Gasteiger partial charge >= 0.3 is 0 Å². The van der Waals surface area contributed by atoms with Crippen molar-refractivity contribution in [3.05, 3.63) is 0 Å². The second-order valence-electron chi connectivity index (χ2n) is 5.18. The normalized spacial score (nSPS) is 24.4. The number of piperidine rings is 1. The van der Waals surface area contributed by atoms with Crippen molar-refractivity contribution in [1.29, 1.82) is 0 Å². The van der Waals surface area contributed by atoms with Gasteiger partial charge in [0.2, 0.25) is 11.8 Å². The number of nitrogens with zero attached hydrogens (tertiary/aromatic N) is 2. The van der Waals surface area contributed by atoms with Gasteiger partial charge in [-0.15, -0.1) is 0 Å². The van der Waals surface area contributed by atoms with Gasteiger partial charge in [-0.25, -0.2) is 0 Å². The molecule has 0 unspecified atom stereocenters. The highest BCUT2D eigenvalue weighted by molar-refractivity contribution is 5.80. The molecule has 0 aliphatic carbocycles. The number of carbonyl (C=O) groups excluding carboxylic acids is 2. The molecule has 6 heteroatoms. The molecule has 19 heavy (non-hydrogen) atoms. The highest BCUT2D eigenvalue weighted by Crippen LogP contribution is 2.15. The molecule has 2 fully saturated rings. The Balaban J connectivity index is 1.79. The first-order valence-electron chi connectivity index (χ1n) is 6.98. The fourth-order valence-electron chi connectivity index (χ4n) is 2.71. The summed E-state index contributed by atoms with van der Waals surface area (Å²) in [5, 5.41) is 3.27. The zero-order chi connectivity index (χ0) is 13.7. The van der Waals surface area contributed by atoms with Crippen LogP contribution < -0.4 is 5.32 Å². The van der Waals surface area contributed by atoms with Crippen LogP contribution in [0.2, 0.25) is 0 Å². The van der Waals surface area contributed by atoms with Gasteiger partial charge in [-0.05, 0) is 19.4 Å². The molecule has 0 spiro atoms. The molecule has 2 heterocycles. The Bertz CT molecular complexity index is 321. The fourth-order valence-corrected chi connectivity index (χ4v) is 2.71. The molecule has 0 aromatic rings. The third kappa shape index (κ3) is 3.67. The molecule has 1 atom stereocenters. The Labute approximate surface area is 114 Å². The number of carbonyl (C=O) groups is 2. The van der Waals surface area contributed by atoms with Crippen molar-refractivity contribution in [1.82, 2.24) is 15.1 Å². The number of nitrogens with one attached hydrogen (secondary N) is 1. The van der Waals surface area contributed by atoms with Crippen LogP contribution in [-0.4, -0.2) is 74.6 Å². The number of amides is 2. The van der Waals surface area contributed by atoms with Gasteiger partial charge in [0.05, 0.1) is 5.92 Å². The summed E-state index contributed by atoms with van der Waals surface area (Å²) in [5.74, 6) is 0.370. The molecule has 2 aliphatic heterocycles. The summed E-state index contributed by atoms with van der Waals surface area (Å²) in [6.45, 7) is 4.46. The molecule has 1 N–H and O–H groups in total. The first-order valence-corrected chi connectivity index (χ1v) is 6.98. The van der Waals surface area contributed by atoms with E-state index in [0.717, 1.165) is 25.9 Å². The van der Waals surface area contributed by atoms with E-state index in [2.05, 4.69) is 5.32 Å². The van der Waals surface area contributed by atoms with E-state index in [1.165, 1.54) is 7.11 Å². The Morgan fingerprint density at radius 1 is 1.21 bits per heavy atom. The fraction of sp³-hybridized carbons (Fsp3) is 0.846. The average molecular weight is 269 g/mol. The lowest BCUT2D eigenvalue weighted by molar-refractivity contribution is -0.144. The zero-order valence-corrected chi connectivity index (χ0v) is 11.6. The summed E-state index contributed by atoms with van der Waals surface area (Å²) in [6, 6.07) is 0. The van der Waals surface area contributed by atoms with Crippen LogP contribution in [0, 0.1) is 5.92 Å². The molecule has 2 saturated heterocycles. The highest BCUT2D eigenvalue weighted by atomic mass is 16.5. The summed E-state index contributed by atoms with van der Waals surface area (Å²) in [4.78, 5) is 27.6. The molecule has 0 aromatic heterocycles. The molecule has 6 nitrogen and oxygen atoms in total. The average Bonchev–Trinajstić information content (AvgIpc) is 2.48. The number of hydrogen-bond donors (Lipinski definition) is 1. The van der Waals surface area contributed by atoms with Crippen LogP contribution >= 0.6 is 0 Å². The van der Waals surface area contributed by atoms with E-state index in [9.17, 15) is 9.59 Å². The minimum Gasteiger partial charge on any atom is -0.375 e. The summed E-state index contributed by atoms with van der Waals surface area (Å²) < 4.78 is 4.85. The van der Waals surface area contributed by atoms with Gasteiger partial charge in [-0.1, -0.05) is 0 Å². The molecule has 108 valence electrons. The lowest BCUT2D eigenvalue weighted by Gasteiger charge is -2.37. The van der Waals surface area contributed by atoms with Gasteiger partial charge in [-0.3, -0.25) is 9.59 Å². The Morgan fingerprint density at radius 2 is 1.89 bits per heavy atom. The van der Waals surface area contributed by atoms with Gasteiger partial charge in [-0.2, -0.15) is 0 Å². The second kappa shape index (κ2) is 6.86. The predicted octanol–water partition coefficient (Wildman–Crippen LogP) is -0.697. The number of hydrogen-bond acceptors (Lipinski definition) is 4. The zero-order valence-electron chi connectivity index (χ0n) is 11.6. The summed E-state index contributed by atoms with van der Waals surface area (Å²) >= 11 is 0.